The molecule has 0 atom stereocenters. The lowest BCUT2D eigenvalue weighted by Gasteiger charge is -2.26. The zero-order chi connectivity index (χ0) is 15.2. The second-order valence-electron chi connectivity index (χ2n) is 5.23. The summed E-state index contributed by atoms with van der Waals surface area (Å²) in [5, 5.41) is 14.3. The van der Waals surface area contributed by atoms with Crippen molar-refractivity contribution >= 4 is 23.0 Å². The van der Waals surface area contributed by atoms with Crippen molar-refractivity contribution in [2.75, 3.05) is 18.5 Å². The fourth-order valence-corrected chi connectivity index (χ4v) is 2.73. The molecule has 0 radical (unpaired) electrons. The summed E-state index contributed by atoms with van der Waals surface area (Å²) in [7, 11) is 0. The van der Waals surface area contributed by atoms with Gasteiger partial charge in [-0.3, -0.25) is 10.1 Å². The number of hydrogen-bond donors (Lipinski definition) is 2. The first kappa shape index (κ1) is 16.0. The van der Waals surface area contributed by atoms with Crippen LogP contribution in [0.3, 0.4) is 0 Å². The minimum atomic E-state index is -0.447. The van der Waals surface area contributed by atoms with Gasteiger partial charge >= 0.3 is 0 Å². The van der Waals surface area contributed by atoms with Gasteiger partial charge in [-0.2, -0.15) is 0 Å². The molecular formula is C14H20ClN3O3. The number of anilines is 1. The Balaban J connectivity index is 1.80. The number of rotatable bonds is 6. The highest BCUT2D eigenvalue weighted by Crippen LogP contribution is 2.31. The second-order valence-corrected chi connectivity index (χ2v) is 5.63. The van der Waals surface area contributed by atoms with Crippen LogP contribution in [0.1, 0.15) is 25.7 Å². The zero-order valence-electron chi connectivity index (χ0n) is 11.8. The van der Waals surface area contributed by atoms with Gasteiger partial charge in [0.05, 0.1) is 22.7 Å². The molecule has 21 heavy (non-hydrogen) atoms. The van der Waals surface area contributed by atoms with Crippen molar-refractivity contribution < 1.29 is 9.66 Å². The van der Waals surface area contributed by atoms with E-state index in [-0.39, 0.29) is 11.8 Å². The van der Waals surface area contributed by atoms with Gasteiger partial charge in [-0.1, -0.05) is 17.7 Å². The first-order valence-electron chi connectivity index (χ1n) is 7.12. The van der Waals surface area contributed by atoms with Gasteiger partial charge in [0.2, 0.25) is 0 Å². The van der Waals surface area contributed by atoms with Crippen LogP contribution in [0.4, 0.5) is 11.4 Å². The number of nitro groups is 1. The maximum atomic E-state index is 10.9. The van der Waals surface area contributed by atoms with Gasteiger partial charge in [-0.15, -0.1) is 0 Å². The lowest BCUT2D eigenvalue weighted by molar-refractivity contribution is -0.383. The summed E-state index contributed by atoms with van der Waals surface area (Å²) in [5.74, 6) is 0. The molecule has 0 aliphatic heterocycles. The predicted molar refractivity (Wildman–Crippen MR) is 82.8 cm³/mol. The summed E-state index contributed by atoms with van der Waals surface area (Å²) in [6.07, 6.45) is 4.19. The molecule has 0 aromatic heterocycles. The van der Waals surface area contributed by atoms with E-state index in [4.69, 9.17) is 22.1 Å². The van der Waals surface area contributed by atoms with E-state index in [1.54, 1.807) is 12.1 Å². The van der Waals surface area contributed by atoms with E-state index < -0.39 is 4.92 Å². The van der Waals surface area contributed by atoms with E-state index in [0.29, 0.717) is 29.9 Å². The summed E-state index contributed by atoms with van der Waals surface area (Å²) >= 11 is 6.00. The van der Waals surface area contributed by atoms with E-state index in [2.05, 4.69) is 5.32 Å². The van der Waals surface area contributed by atoms with Crippen molar-refractivity contribution in [2.45, 2.75) is 37.8 Å². The molecule has 116 valence electrons. The fraction of sp³-hybridized carbons (Fsp3) is 0.571. The molecule has 7 heteroatoms. The van der Waals surface area contributed by atoms with E-state index >= 15 is 0 Å². The standard InChI is InChI=1S/C14H20ClN3O3/c15-12-2-1-3-13(18(19)20)14(12)17-8-9-21-11-6-4-10(16)5-7-11/h1-3,10-11,17H,4-9,16H2. The minimum Gasteiger partial charge on any atom is -0.376 e. The number of halogens is 1. The van der Waals surface area contributed by atoms with Gasteiger partial charge < -0.3 is 15.8 Å². The topological polar surface area (TPSA) is 90.4 Å². The van der Waals surface area contributed by atoms with Crippen molar-refractivity contribution in [1.82, 2.24) is 0 Å². The van der Waals surface area contributed by atoms with Gasteiger partial charge in [0.15, 0.2) is 0 Å². The average Bonchev–Trinajstić information content (AvgIpc) is 2.46. The van der Waals surface area contributed by atoms with Gasteiger partial charge in [0.25, 0.3) is 5.69 Å². The lowest BCUT2D eigenvalue weighted by Crippen LogP contribution is -2.31. The van der Waals surface area contributed by atoms with E-state index in [9.17, 15) is 10.1 Å². The maximum Gasteiger partial charge on any atom is 0.293 e. The maximum absolute atomic E-state index is 10.9. The molecule has 0 spiro atoms. The van der Waals surface area contributed by atoms with Crippen molar-refractivity contribution in [3.05, 3.63) is 33.3 Å². The van der Waals surface area contributed by atoms with Crippen LogP contribution in [0.2, 0.25) is 5.02 Å². The third-order valence-electron chi connectivity index (χ3n) is 3.66. The molecule has 0 saturated heterocycles. The van der Waals surface area contributed by atoms with Crippen LogP contribution in [0.15, 0.2) is 18.2 Å². The second kappa shape index (κ2) is 7.59. The summed E-state index contributed by atoms with van der Waals surface area (Å²) in [5.41, 5.74) is 6.17. The molecule has 1 fully saturated rings. The Bertz CT molecular complexity index is 490. The third kappa shape index (κ3) is 4.56. The highest BCUT2D eigenvalue weighted by atomic mass is 35.5. The number of nitro benzene ring substituents is 1. The van der Waals surface area contributed by atoms with E-state index in [1.165, 1.54) is 6.07 Å². The molecule has 1 saturated carbocycles. The van der Waals surface area contributed by atoms with Crippen molar-refractivity contribution in [1.29, 1.82) is 0 Å². The SMILES string of the molecule is NC1CCC(OCCNc2c(Cl)cccc2[N+](=O)[O-])CC1. The predicted octanol–water partition coefficient (Wildman–Crippen LogP) is 2.95. The minimum absolute atomic E-state index is 0.0221. The Hall–Kier alpha value is -1.37. The van der Waals surface area contributed by atoms with Crippen LogP contribution in [0, 0.1) is 10.1 Å². The van der Waals surface area contributed by atoms with E-state index in [1.807, 2.05) is 0 Å². The first-order valence-corrected chi connectivity index (χ1v) is 7.49. The average molecular weight is 314 g/mol. The van der Waals surface area contributed by atoms with Crippen LogP contribution in [0.25, 0.3) is 0 Å². The Kier molecular flexibility index (Phi) is 5.78. The first-order chi connectivity index (χ1) is 10.1. The van der Waals surface area contributed by atoms with Gasteiger partial charge in [-0.25, -0.2) is 0 Å². The smallest absolute Gasteiger partial charge is 0.293 e. The normalized spacial score (nSPS) is 22.0. The molecule has 1 aliphatic rings. The van der Waals surface area contributed by atoms with Gasteiger partial charge in [-0.05, 0) is 31.7 Å². The molecule has 1 aliphatic carbocycles. The molecule has 3 N–H and O–H groups in total. The molecule has 2 rings (SSSR count). The van der Waals surface area contributed by atoms with Crippen LogP contribution in [-0.4, -0.2) is 30.2 Å². The molecule has 1 aromatic carbocycles. The van der Waals surface area contributed by atoms with Gasteiger partial charge in [0, 0.05) is 18.7 Å². The fourth-order valence-electron chi connectivity index (χ4n) is 2.50. The van der Waals surface area contributed by atoms with Crippen LogP contribution in [0.5, 0.6) is 0 Å². The monoisotopic (exact) mass is 313 g/mol. The number of para-hydroxylation sites is 1. The number of hydrogen-bond acceptors (Lipinski definition) is 5. The third-order valence-corrected chi connectivity index (χ3v) is 3.98. The summed E-state index contributed by atoms with van der Waals surface area (Å²) < 4.78 is 5.76. The highest BCUT2D eigenvalue weighted by molar-refractivity contribution is 6.33. The molecule has 0 amide bonds. The quantitative estimate of drug-likeness (QED) is 0.478. The highest BCUT2D eigenvalue weighted by Gasteiger charge is 2.19. The van der Waals surface area contributed by atoms with Crippen molar-refractivity contribution in [3.63, 3.8) is 0 Å². The Morgan fingerprint density at radius 3 is 2.76 bits per heavy atom. The summed E-state index contributed by atoms with van der Waals surface area (Å²) in [4.78, 5) is 10.5. The Morgan fingerprint density at radius 2 is 2.10 bits per heavy atom. The molecular weight excluding hydrogens is 294 g/mol. The van der Waals surface area contributed by atoms with Gasteiger partial charge in [0.1, 0.15) is 5.69 Å². The Labute approximate surface area is 128 Å². The number of nitrogens with one attached hydrogen (secondary N) is 1. The van der Waals surface area contributed by atoms with E-state index in [0.717, 1.165) is 25.7 Å². The molecule has 6 nitrogen and oxygen atoms in total. The van der Waals surface area contributed by atoms with Crippen molar-refractivity contribution in [3.8, 4) is 0 Å². The number of nitrogens with zero attached hydrogens (tertiary/aromatic N) is 1. The summed E-state index contributed by atoms with van der Waals surface area (Å²) in [6.45, 7) is 0.968. The summed E-state index contributed by atoms with van der Waals surface area (Å²) in [6, 6.07) is 4.92. The number of nitrogens with two attached hydrogens (primary N) is 1. The van der Waals surface area contributed by atoms with Crippen LogP contribution < -0.4 is 11.1 Å². The van der Waals surface area contributed by atoms with Crippen molar-refractivity contribution in [2.24, 2.45) is 5.73 Å². The molecule has 0 heterocycles. The molecule has 1 aromatic rings. The van der Waals surface area contributed by atoms with Crippen LogP contribution >= 0.6 is 11.6 Å². The molecule has 0 bridgehead atoms. The Morgan fingerprint density at radius 1 is 1.38 bits per heavy atom. The zero-order valence-corrected chi connectivity index (χ0v) is 12.5. The number of benzene rings is 1. The number of ether oxygens (including phenoxy) is 1. The lowest BCUT2D eigenvalue weighted by atomic mass is 9.94. The largest absolute Gasteiger partial charge is 0.376 e. The van der Waals surface area contributed by atoms with Crippen LogP contribution in [-0.2, 0) is 4.74 Å². The molecule has 0 unspecified atom stereocenters.